The van der Waals surface area contributed by atoms with Crippen molar-refractivity contribution >= 4 is 0 Å². The molecule has 0 saturated carbocycles. The molecule has 0 aliphatic rings. The lowest BCUT2D eigenvalue weighted by molar-refractivity contribution is 0.403. The fraction of sp³-hybridized carbons (Fsp3) is 0.214. The van der Waals surface area contributed by atoms with Crippen LogP contribution in [0.5, 0.6) is 0 Å². The largest absolute Gasteiger partial charge is 0.305 e. The standard InChI is InChI=1S/C14H16N2/c1-16(2)11-13-5-3-4-6-14(13)12-7-9-15-10-8-12/h3-10H,11H2,1-2H3. The molecule has 0 radical (unpaired) electrons. The van der Waals surface area contributed by atoms with E-state index < -0.39 is 0 Å². The van der Waals surface area contributed by atoms with Crippen LogP contribution < -0.4 is 0 Å². The summed E-state index contributed by atoms with van der Waals surface area (Å²) in [5.41, 5.74) is 3.87. The molecule has 1 heterocycles. The van der Waals surface area contributed by atoms with Gasteiger partial charge in [0, 0.05) is 18.9 Å². The van der Waals surface area contributed by atoms with Gasteiger partial charge in [0.05, 0.1) is 0 Å². The minimum absolute atomic E-state index is 0.957. The average molecular weight is 212 g/mol. The molecule has 2 rings (SSSR count). The molecule has 0 unspecified atom stereocenters. The smallest absolute Gasteiger partial charge is 0.0273 e. The number of hydrogen-bond donors (Lipinski definition) is 0. The zero-order valence-electron chi connectivity index (χ0n) is 9.72. The van der Waals surface area contributed by atoms with Crippen molar-refractivity contribution in [2.45, 2.75) is 6.54 Å². The van der Waals surface area contributed by atoms with Crippen molar-refractivity contribution in [1.29, 1.82) is 0 Å². The van der Waals surface area contributed by atoms with E-state index in [1.807, 2.05) is 12.4 Å². The van der Waals surface area contributed by atoms with Gasteiger partial charge >= 0.3 is 0 Å². The van der Waals surface area contributed by atoms with Crippen LogP contribution in [0, 0.1) is 0 Å². The van der Waals surface area contributed by atoms with Gasteiger partial charge in [0.25, 0.3) is 0 Å². The maximum atomic E-state index is 4.05. The Hall–Kier alpha value is -1.67. The number of pyridine rings is 1. The highest BCUT2D eigenvalue weighted by molar-refractivity contribution is 5.66. The summed E-state index contributed by atoms with van der Waals surface area (Å²) in [7, 11) is 4.17. The van der Waals surface area contributed by atoms with Crippen LogP contribution in [0.4, 0.5) is 0 Å². The summed E-state index contributed by atoms with van der Waals surface area (Å²) in [6, 6.07) is 12.6. The number of hydrogen-bond acceptors (Lipinski definition) is 2. The zero-order valence-corrected chi connectivity index (χ0v) is 9.72. The third-order valence-electron chi connectivity index (χ3n) is 2.50. The predicted molar refractivity (Wildman–Crippen MR) is 67.1 cm³/mol. The topological polar surface area (TPSA) is 16.1 Å². The lowest BCUT2D eigenvalue weighted by Gasteiger charge is -2.14. The summed E-state index contributed by atoms with van der Waals surface area (Å²) in [6.45, 7) is 0.957. The summed E-state index contributed by atoms with van der Waals surface area (Å²) in [5.74, 6) is 0. The average Bonchev–Trinajstić information content (AvgIpc) is 2.30. The molecule has 0 N–H and O–H groups in total. The molecule has 0 aliphatic heterocycles. The van der Waals surface area contributed by atoms with Gasteiger partial charge in [-0.1, -0.05) is 24.3 Å². The molecule has 0 aliphatic carbocycles. The molecular weight excluding hydrogens is 196 g/mol. The molecule has 0 fully saturated rings. The fourth-order valence-corrected chi connectivity index (χ4v) is 1.81. The second-order valence-electron chi connectivity index (χ2n) is 4.13. The molecule has 1 aromatic carbocycles. The van der Waals surface area contributed by atoms with Crippen LogP contribution in [-0.2, 0) is 6.54 Å². The van der Waals surface area contributed by atoms with E-state index >= 15 is 0 Å². The summed E-state index contributed by atoms with van der Waals surface area (Å²) in [5, 5.41) is 0. The van der Waals surface area contributed by atoms with Crippen molar-refractivity contribution < 1.29 is 0 Å². The van der Waals surface area contributed by atoms with E-state index in [4.69, 9.17) is 0 Å². The summed E-state index contributed by atoms with van der Waals surface area (Å²) >= 11 is 0. The van der Waals surface area contributed by atoms with Crippen molar-refractivity contribution in [2.24, 2.45) is 0 Å². The van der Waals surface area contributed by atoms with E-state index in [2.05, 4.69) is 60.4 Å². The van der Waals surface area contributed by atoms with Gasteiger partial charge in [0.2, 0.25) is 0 Å². The lowest BCUT2D eigenvalue weighted by atomic mass is 10.0. The van der Waals surface area contributed by atoms with Crippen LogP contribution in [-0.4, -0.2) is 24.0 Å². The molecule has 0 saturated heterocycles. The summed E-state index contributed by atoms with van der Waals surface area (Å²) in [4.78, 5) is 6.23. The van der Waals surface area contributed by atoms with Crippen LogP contribution in [0.2, 0.25) is 0 Å². The van der Waals surface area contributed by atoms with Crippen molar-refractivity contribution in [2.75, 3.05) is 14.1 Å². The second kappa shape index (κ2) is 4.90. The second-order valence-corrected chi connectivity index (χ2v) is 4.13. The predicted octanol–water partition coefficient (Wildman–Crippen LogP) is 2.81. The Morgan fingerprint density at radius 2 is 1.69 bits per heavy atom. The molecule has 2 aromatic rings. The van der Waals surface area contributed by atoms with Crippen LogP contribution >= 0.6 is 0 Å². The number of rotatable bonds is 3. The van der Waals surface area contributed by atoms with E-state index in [0.29, 0.717) is 0 Å². The molecule has 0 bridgehead atoms. The molecular formula is C14H16N2. The van der Waals surface area contributed by atoms with Gasteiger partial charge in [-0.3, -0.25) is 4.98 Å². The zero-order chi connectivity index (χ0) is 11.4. The quantitative estimate of drug-likeness (QED) is 0.777. The normalized spacial score (nSPS) is 10.7. The number of aromatic nitrogens is 1. The number of benzene rings is 1. The van der Waals surface area contributed by atoms with E-state index in [-0.39, 0.29) is 0 Å². The summed E-state index contributed by atoms with van der Waals surface area (Å²) < 4.78 is 0. The van der Waals surface area contributed by atoms with Crippen molar-refractivity contribution in [1.82, 2.24) is 9.88 Å². The van der Waals surface area contributed by atoms with Crippen LogP contribution in [0.1, 0.15) is 5.56 Å². The third kappa shape index (κ3) is 2.47. The first kappa shape index (κ1) is 10.8. The van der Waals surface area contributed by atoms with E-state index in [1.54, 1.807) is 0 Å². The van der Waals surface area contributed by atoms with Crippen LogP contribution in [0.25, 0.3) is 11.1 Å². The van der Waals surface area contributed by atoms with Gasteiger partial charge in [0.15, 0.2) is 0 Å². The Bertz CT molecular complexity index is 449. The molecule has 0 amide bonds. The molecule has 82 valence electrons. The first-order valence-electron chi connectivity index (χ1n) is 5.40. The van der Waals surface area contributed by atoms with Gasteiger partial charge in [-0.25, -0.2) is 0 Å². The van der Waals surface area contributed by atoms with Crippen molar-refractivity contribution in [3.63, 3.8) is 0 Å². The molecule has 1 aromatic heterocycles. The first-order valence-corrected chi connectivity index (χ1v) is 5.40. The Labute approximate surface area is 96.6 Å². The Morgan fingerprint density at radius 3 is 2.38 bits per heavy atom. The van der Waals surface area contributed by atoms with E-state index in [1.165, 1.54) is 16.7 Å². The minimum atomic E-state index is 0.957. The maximum Gasteiger partial charge on any atom is 0.0273 e. The number of nitrogens with zero attached hydrogens (tertiary/aromatic N) is 2. The van der Waals surface area contributed by atoms with E-state index in [9.17, 15) is 0 Å². The fourth-order valence-electron chi connectivity index (χ4n) is 1.81. The highest BCUT2D eigenvalue weighted by Gasteiger charge is 2.04. The molecule has 0 atom stereocenters. The van der Waals surface area contributed by atoms with Gasteiger partial charge < -0.3 is 4.90 Å². The third-order valence-corrected chi connectivity index (χ3v) is 2.50. The highest BCUT2D eigenvalue weighted by Crippen LogP contribution is 2.23. The Morgan fingerprint density at radius 1 is 1.00 bits per heavy atom. The lowest BCUT2D eigenvalue weighted by Crippen LogP contribution is -2.11. The van der Waals surface area contributed by atoms with Gasteiger partial charge in [-0.15, -0.1) is 0 Å². The SMILES string of the molecule is CN(C)Cc1ccccc1-c1ccncc1. The molecule has 0 spiro atoms. The molecule has 16 heavy (non-hydrogen) atoms. The monoisotopic (exact) mass is 212 g/mol. The van der Waals surface area contributed by atoms with Crippen LogP contribution in [0.3, 0.4) is 0 Å². The van der Waals surface area contributed by atoms with Crippen molar-refractivity contribution in [3.8, 4) is 11.1 Å². The maximum absolute atomic E-state index is 4.05. The minimum Gasteiger partial charge on any atom is -0.305 e. The van der Waals surface area contributed by atoms with Crippen LogP contribution in [0.15, 0.2) is 48.8 Å². The first-order chi connectivity index (χ1) is 7.77. The Kier molecular flexibility index (Phi) is 3.32. The van der Waals surface area contributed by atoms with E-state index in [0.717, 1.165) is 6.54 Å². The van der Waals surface area contributed by atoms with Gasteiger partial charge in [0.1, 0.15) is 0 Å². The van der Waals surface area contributed by atoms with Crippen molar-refractivity contribution in [3.05, 3.63) is 54.4 Å². The molecule has 2 heteroatoms. The highest BCUT2D eigenvalue weighted by atomic mass is 15.0. The van der Waals surface area contributed by atoms with Gasteiger partial charge in [-0.05, 0) is 42.9 Å². The Balaban J connectivity index is 2.41. The summed E-state index contributed by atoms with van der Waals surface area (Å²) in [6.07, 6.45) is 3.67. The van der Waals surface area contributed by atoms with Gasteiger partial charge in [-0.2, -0.15) is 0 Å². The molecule has 2 nitrogen and oxygen atoms in total.